The van der Waals surface area contributed by atoms with Crippen molar-refractivity contribution in [3.05, 3.63) is 0 Å². The van der Waals surface area contributed by atoms with Crippen molar-refractivity contribution in [3.63, 3.8) is 0 Å². The van der Waals surface area contributed by atoms with Crippen molar-refractivity contribution < 1.29 is 4.79 Å². The van der Waals surface area contributed by atoms with Crippen molar-refractivity contribution in [2.24, 2.45) is 23.0 Å². The Hall–Kier alpha value is -0.320. The summed E-state index contributed by atoms with van der Waals surface area (Å²) in [4.78, 5) is 14.6. The van der Waals surface area contributed by atoms with Gasteiger partial charge < -0.3 is 11.1 Å². The minimum Gasteiger partial charge on any atom is -0.352 e. The first kappa shape index (κ1) is 19.7. The van der Waals surface area contributed by atoms with Crippen molar-refractivity contribution >= 4 is 18.3 Å². The molecule has 0 radical (unpaired) electrons. The van der Waals surface area contributed by atoms with Gasteiger partial charge in [-0.1, -0.05) is 40.5 Å². The third kappa shape index (κ3) is 4.84. The van der Waals surface area contributed by atoms with Gasteiger partial charge in [0.25, 0.3) is 0 Å². The summed E-state index contributed by atoms with van der Waals surface area (Å²) in [6.45, 7) is 11.4. The summed E-state index contributed by atoms with van der Waals surface area (Å²) < 4.78 is 0. The molecule has 130 valence electrons. The van der Waals surface area contributed by atoms with Crippen LogP contribution in [0.15, 0.2) is 0 Å². The van der Waals surface area contributed by atoms with Crippen LogP contribution < -0.4 is 11.1 Å². The maximum atomic E-state index is 12.3. The highest BCUT2D eigenvalue weighted by Crippen LogP contribution is 2.30. The largest absolute Gasteiger partial charge is 0.352 e. The number of nitrogens with two attached hydrogens (primary N) is 1. The molecule has 4 atom stereocenters. The fourth-order valence-corrected chi connectivity index (χ4v) is 3.86. The van der Waals surface area contributed by atoms with Gasteiger partial charge in [0.05, 0.1) is 6.54 Å². The van der Waals surface area contributed by atoms with Crippen LogP contribution in [0.3, 0.4) is 0 Å². The molecule has 4 unspecified atom stereocenters. The number of halogens is 1. The fourth-order valence-electron chi connectivity index (χ4n) is 3.86. The molecular weight excluding hydrogens is 298 g/mol. The van der Waals surface area contributed by atoms with Gasteiger partial charge in [-0.15, -0.1) is 12.4 Å². The molecule has 1 saturated heterocycles. The monoisotopic (exact) mass is 331 g/mol. The van der Waals surface area contributed by atoms with Gasteiger partial charge in [-0.05, 0) is 30.1 Å². The quantitative estimate of drug-likeness (QED) is 0.835. The third-order valence-electron chi connectivity index (χ3n) is 5.81. The highest BCUT2D eigenvalue weighted by molar-refractivity contribution is 5.85. The van der Waals surface area contributed by atoms with E-state index < -0.39 is 0 Å². The number of carbonyl (C=O) groups is 1. The second kappa shape index (κ2) is 7.98. The molecule has 1 amide bonds. The SMILES string of the molecule is CC1CCCC(NC(=O)CN2CCC(N)C(C)(C)C2)C1C.Cl. The standard InChI is InChI=1S/C17H33N3O.ClH/c1-12-6-5-7-14(13(12)2)19-16(21)10-20-9-8-15(18)17(3,4)11-20;/h12-15H,5-11,18H2,1-4H3,(H,19,21);1H. The maximum absolute atomic E-state index is 12.3. The zero-order chi connectivity index (χ0) is 15.6. The lowest BCUT2D eigenvalue weighted by atomic mass is 9.78. The number of carbonyl (C=O) groups excluding carboxylic acids is 1. The second-order valence-corrected chi connectivity index (χ2v) is 8.04. The average molecular weight is 332 g/mol. The molecule has 22 heavy (non-hydrogen) atoms. The van der Waals surface area contributed by atoms with Crippen molar-refractivity contribution in [1.29, 1.82) is 0 Å². The van der Waals surface area contributed by atoms with Crippen molar-refractivity contribution in [3.8, 4) is 0 Å². The van der Waals surface area contributed by atoms with Gasteiger partial charge in [-0.3, -0.25) is 9.69 Å². The van der Waals surface area contributed by atoms with E-state index >= 15 is 0 Å². The van der Waals surface area contributed by atoms with Crippen LogP contribution in [0.25, 0.3) is 0 Å². The molecule has 2 rings (SSSR count). The van der Waals surface area contributed by atoms with E-state index in [1.807, 2.05) is 0 Å². The molecule has 0 aromatic carbocycles. The van der Waals surface area contributed by atoms with Gasteiger partial charge in [-0.25, -0.2) is 0 Å². The van der Waals surface area contributed by atoms with Gasteiger partial charge in [0.2, 0.25) is 5.91 Å². The Kier molecular flexibility index (Phi) is 7.16. The lowest BCUT2D eigenvalue weighted by Crippen LogP contribution is -2.55. The summed E-state index contributed by atoms with van der Waals surface area (Å²) in [5, 5.41) is 3.27. The lowest BCUT2D eigenvalue weighted by Gasteiger charge is -2.42. The van der Waals surface area contributed by atoms with Crippen LogP contribution in [0.2, 0.25) is 0 Å². The van der Waals surface area contributed by atoms with E-state index in [2.05, 4.69) is 37.9 Å². The van der Waals surface area contributed by atoms with Gasteiger partial charge >= 0.3 is 0 Å². The van der Waals surface area contributed by atoms with Crippen LogP contribution in [0.5, 0.6) is 0 Å². The number of nitrogens with zero attached hydrogens (tertiary/aromatic N) is 1. The van der Waals surface area contributed by atoms with Crippen LogP contribution in [0.4, 0.5) is 0 Å². The van der Waals surface area contributed by atoms with E-state index in [4.69, 9.17) is 5.73 Å². The number of rotatable bonds is 3. The fraction of sp³-hybridized carbons (Fsp3) is 0.941. The number of nitrogens with one attached hydrogen (secondary N) is 1. The van der Waals surface area contributed by atoms with Gasteiger partial charge in [0, 0.05) is 25.2 Å². The molecule has 1 saturated carbocycles. The average Bonchev–Trinajstić information content (AvgIpc) is 2.39. The first-order valence-corrected chi connectivity index (χ1v) is 8.57. The van der Waals surface area contributed by atoms with Crippen LogP contribution >= 0.6 is 12.4 Å². The topological polar surface area (TPSA) is 58.4 Å². The number of likely N-dealkylation sites (tertiary alicyclic amines) is 1. The van der Waals surface area contributed by atoms with Crippen LogP contribution in [0.1, 0.15) is 53.4 Å². The first-order valence-electron chi connectivity index (χ1n) is 8.57. The highest BCUT2D eigenvalue weighted by atomic mass is 35.5. The van der Waals surface area contributed by atoms with E-state index in [-0.39, 0.29) is 29.8 Å². The van der Waals surface area contributed by atoms with Crippen LogP contribution in [-0.2, 0) is 4.79 Å². The summed E-state index contributed by atoms with van der Waals surface area (Å²) in [6, 6.07) is 0.609. The van der Waals surface area contributed by atoms with Crippen molar-refractivity contribution in [2.45, 2.75) is 65.5 Å². The molecule has 1 heterocycles. The molecule has 3 N–H and O–H groups in total. The normalized spacial score (nSPS) is 35.5. The molecule has 2 fully saturated rings. The number of hydrogen-bond acceptors (Lipinski definition) is 3. The highest BCUT2D eigenvalue weighted by Gasteiger charge is 2.34. The molecular formula is C17H34ClN3O. The van der Waals surface area contributed by atoms with Crippen LogP contribution in [0, 0.1) is 17.3 Å². The molecule has 0 bridgehead atoms. The molecule has 4 nitrogen and oxygen atoms in total. The van der Waals surface area contributed by atoms with Crippen molar-refractivity contribution in [2.75, 3.05) is 19.6 Å². The molecule has 0 spiro atoms. The number of hydrogen-bond donors (Lipinski definition) is 2. The molecule has 5 heteroatoms. The summed E-state index contributed by atoms with van der Waals surface area (Å²) in [7, 11) is 0. The minimum atomic E-state index is 0. The maximum Gasteiger partial charge on any atom is 0.234 e. The van der Waals surface area contributed by atoms with E-state index in [1.54, 1.807) is 0 Å². The minimum absolute atomic E-state index is 0. The van der Waals surface area contributed by atoms with E-state index in [9.17, 15) is 4.79 Å². The zero-order valence-electron chi connectivity index (χ0n) is 14.6. The molecule has 1 aliphatic carbocycles. The molecule has 0 aromatic heterocycles. The number of amides is 1. The Morgan fingerprint density at radius 1 is 1.27 bits per heavy atom. The van der Waals surface area contributed by atoms with E-state index in [0.717, 1.165) is 31.8 Å². The molecule has 0 aromatic rings. The van der Waals surface area contributed by atoms with Crippen LogP contribution in [-0.4, -0.2) is 42.5 Å². The smallest absolute Gasteiger partial charge is 0.234 e. The van der Waals surface area contributed by atoms with E-state index in [0.29, 0.717) is 18.5 Å². The summed E-state index contributed by atoms with van der Waals surface area (Å²) in [5.74, 6) is 1.50. The Balaban J connectivity index is 0.00000242. The Morgan fingerprint density at radius 2 is 1.95 bits per heavy atom. The molecule has 2 aliphatic rings. The van der Waals surface area contributed by atoms with Crippen molar-refractivity contribution in [1.82, 2.24) is 10.2 Å². The summed E-state index contributed by atoms with van der Waals surface area (Å²) in [5.41, 5.74) is 6.26. The first-order chi connectivity index (χ1) is 9.79. The second-order valence-electron chi connectivity index (χ2n) is 8.04. The summed E-state index contributed by atoms with van der Waals surface area (Å²) >= 11 is 0. The Bertz CT molecular complexity index is 375. The predicted molar refractivity (Wildman–Crippen MR) is 94.2 cm³/mol. The summed E-state index contributed by atoms with van der Waals surface area (Å²) in [6.07, 6.45) is 4.65. The Morgan fingerprint density at radius 3 is 2.59 bits per heavy atom. The Labute approximate surface area is 142 Å². The third-order valence-corrected chi connectivity index (χ3v) is 5.81. The van der Waals surface area contributed by atoms with Gasteiger partial charge in [0.1, 0.15) is 0 Å². The van der Waals surface area contributed by atoms with Gasteiger partial charge in [0.15, 0.2) is 0 Å². The lowest BCUT2D eigenvalue weighted by molar-refractivity contribution is -0.124. The van der Waals surface area contributed by atoms with Gasteiger partial charge in [-0.2, -0.15) is 0 Å². The van der Waals surface area contributed by atoms with E-state index in [1.165, 1.54) is 12.8 Å². The zero-order valence-corrected chi connectivity index (χ0v) is 15.4. The predicted octanol–water partition coefficient (Wildman–Crippen LogP) is 2.41. The molecule has 1 aliphatic heterocycles. The number of piperidine rings is 1.